The number of halogens is 1. The van der Waals surface area contributed by atoms with Crippen LogP contribution in [-0.2, 0) is 0 Å². The van der Waals surface area contributed by atoms with E-state index in [0.29, 0.717) is 17.6 Å². The van der Waals surface area contributed by atoms with Crippen LogP contribution in [0.4, 0.5) is 0 Å². The predicted molar refractivity (Wildman–Crippen MR) is 86.4 cm³/mol. The minimum absolute atomic E-state index is 0.406. The monoisotopic (exact) mass is 301 g/mol. The summed E-state index contributed by atoms with van der Waals surface area (Å²) in [4.78, 5) is 2.36. The van der Waals surface area contributed by atoms with E-state index in [1.165, 1.54) is 12.0 Å². The molecule has 2 aromatic carbocycles. The molecule has 0 amide bonds. The lowest BCUT2D eigenvalue weighted by Crippen LogP contribution is -2.28. The number of likely N-dealkylation sites (tertiary alicyclic amines) is 1. The molecule has 110 valence electrons. The van der Waals surface area contributed by atoms with Crippen molar-refractivity contribution < 1.29 is 5.11 Å². The number of nitrogens with zero attached hydrogens (tertiary/aromatic N) is 1. The highest BCUT2D eigenvalue weighted by molar-refractivity contribution is 6.31. The smallest absolute Gasteiger partial charge is 0.0931 e. The molecule has 0 unspecified atom stereocenters. The third kappa shape index (κ3) is 3.29. The van der Waals surface area contributed by atoms with Gasteiger partial charge in [-0.1, -0.05) is 60.1 Å². The van der Waals surface area contributed by atoms with E-state index < -0.39 is 6.10 Å². The highest BCUT2D eigenvalue weighted by atomic mass is 35.5. The van der Waals surface area contributed by atoms with E-state index in [4.69, 9.17) is 11.6 Å². The Morgan fingerprint density at radius 3 is 2.57 bits per heavy atom. The largest absolute Gasteiger partial charge is 0.387 e. The first-order valence-electron chi connectivity index (χ1n) is 7.47. The van der Waals surface area contributed by atoms with Gasteiger partial charge in [0.05, 0.1) is 6.10 Å². The summed E-state index contributed by atoms with van der Waals surface area (Å²) in [6, 6.07) is 18.5. The number of hydrogen-bond donors (Lipinski definition) is 1. The summed E-state index contributed by atoms with van der Waals surface area (Å²) < 4.78 is 0. The summed E-state index contributed by atoms with van der Waals surface area (Å²) >= 11 is 6.18. The van der Waals surface area contributed by atoms with Crippen molar-refractivity contribution in [3.63, 3.8) is 0 Å². The van der Waals surface area contributed by atoms with Crippen LogP contribution in [0.2, 0.25) is 5.02 Å². The van der Waals surface area contributed by atoms with Crippen molar-refractivity contribution in [3.8, 4) is 0 Å². The van der Waals surface area contributed by atoms with Crippen LogP contribution in [0.25, 0.3) is 0 Å². The molecule has 0 aliphatic carbocycles. The Bertz CT molecular complexity index is 587. The van der Waals surface area contributed by atoms with E-state index in [1.54, 1.807) is 0 Å². The van der Waals surface area contributed by atoms with E-state index >= 15 is 0 Å². The van der Waals surface area contributed by atoms with Crippen LogP contribution in [0.1, 0.15) is 36.1 Å². The molecular formula is C18H20ClNO. The quantitative estimate of drug-likeness (QED) is 0.914. The number of aliphatic hydroxyl groups is 1. The Hall–Kier alpha value is -1.35. The first kappa shape index (κ1) is 14.6. The fourth-order valence-electron chi connectivity index (χ4n) is 3.16. The molecule has 1 saturated heterocycles. The van der Waals surface area contributed by atoms with Crippen LogP contribution in [0.3, 0.4) is 0 Å². The molecule has 3 heteroatoms. The van der Waals surface area contributed by atoms with Gasteiger partial charge in [0.25, 0.3) is 0 Å². The van der Waals surface area contributed by atoms with Gasteiger partial charge in [0.1, 0.15) is 0 Å². The highest BCUT2D eigenvalue weighted by Crippen LogP contribution is 2.34. The number of β-amino-alcohol motifs (C(OH)–C–C–N with tert-alkyl or cyclic N) is 1. The van der Waals surface area contributed by atoms with Gasteiger partial charge in [-0.05, 0) is 31.0 Å². The molecular weight excluding hydrogens is 282 g/mol. The van der Waals surface area contributed by atoms with Gasteiger partial charge in [-0.15, -0.1) is 0 Å². The molecule has 2 aromatic rings. The van der Waals surface area contributed by atoms with E-state index in [1.807, 2.05) is 30.3 Å². The van der Waals surface area contributed by atoms with Crippen molar-refractivity contribution in [3.05, 3.63) is 70.7 Å². The lowest BCUT2D eigenvalue weighted by molar-refractivity contribution is 0.106. The lowest BCUT2D eigenvalue weighted by Gasteiger charge is -2.27. The lowest BCUT2D eigenvalue weighted by atomic mass is 10.0. The second-order valence-corrected chi connectivity index (χ2v) is 6.01. The van der Waals surface area contributed by atoms with Gasteiger partial charge in [-0.25, -0.2) is 0 Å². The summed E-state index contributed by atoms with van der Waals surface area (Å²) in [5.74, 6) is 0. The zero-order valence-corrected chi connectivity index (χ0v) is 12.7. The Labute approximate surface area is 131 Å². The Kier molecular flexibility index (Phi) is 4.59. The number of hydrogen-bond acceptors (Lipinski definition) is 2. The summed E-state index contributed by atoms with van der Waals surface area (Å²) in [6.45, 7) is 1.66. The molecule has 1 N–H and O–H groups in total. The summed E-state index contributed by atoms with van der Waals surface area (Å²) in [7, 11) is 0. The molecule has 1 fully saturated rings. The zero-order valence-electron chi connectivity index (χ0n) is 12.0. The highest BCUT2D eigenvalue weighted by Gasteiger charge is 2.28. The Morgan fingerprint density at radius 2 is 1.81 bits per heavy atom. The van der Waals surface area contributed by atoms with Gasteiger partial charge >= 0.3 is 0 Å². The second-order valence-electron chi connectivity index (χ2n) is 5.60. The summed E-state index contributed by atoms with van der Waals surface area (Å²) in [5, 5.41) is 11.1. The van der Waals surface area contributed by atoms with Gasteiger partial charge in [0.15, 0.2) is 0 Å². The van der Waals surface area contributed by atoms with Crippen LogP contribution in [0, 0.1) is 0 Å². The van der Waals surface area contributed by atoms with Crippen molar-refractivity contribution in [2.45, 2.75) is 25.0 Å². The third-order valence-corrected chi connectivity index (χ3v) is 4.56. The standard InChI is InChI=1S/C18H20ClNO/c19-16-10-5-4-9-15(16)18(21)13-20-12-6-11-17(20)14-7-2-1-3-8-14/h1-5,7-10,17-18,21H,6,11-13H2/t17-,18+/m1/s1. The minimum Gasteiger partial charge on any atom is -0.387 e. The van der Waals surface area contributed by atoms with Crippen molar-refractivity contribution in [1.82, 2.24) is 4.90 Å². The molecule has 2 atom stereocenters. The van der Waals surface area contributed by atoms with Crippen LogP contribution < -0.4 is 0 Å². The Balaban J connectivity index is 1.73. The summed E-state index contributed by atoms with van der Waals surface area (Å²) in [6.07, 6.45) is 1.79. The van der Waals surface area contributed by atoms with Crippen LogP contribution in [0.5, 0.6) is 0 Å². The van der Waals surface area contributed by atoms with Gasteiger partial charge in [0, 0.05) is 23.2 Å². The normalized spacial score (nSPS) is 20.6. The number of rotatable bonds is 4. The fourth-order valence-corrected chi connectivity index (χ4v) is 3.42. The maximum atomic E-state index is 10.5. The molecule has 3 rings (SSSR count). The van der Waals surface area contributed by atoms with Crippen molar-refractivity contribution in [2.75, 3.05) is 13.1 Å². The van der Waals surface area contributed by atoms with E-state index in [-0.39, 0.29) is 0 Å². The summed E-state index contributed by atoms with van der Waals surface area (Å²) in [5.41, 5.74) is 2.15. The van der Waals surface area contributed by atoms with Crippen LogP contribution in [-0.4, -0.2) is 23.1 Å². The predicted octanol–water partition coefficient (Wildman–Crippen LogP) is 4.21. The molecule has 0 saturated carbocycles. The van der Waals surface area contributed by atoms with E-state index in [9.17, 15) is 5.11 Å². The van der Waals surface area contributed by atoms with Gasteiger partial charge in [-0.3, -0.25) is 4.90 Å². The van der Waals surface area contributed by atoms with Gasteiger partial charge in [-0.2, -0.15) is 0 Å². The third-order valence-electron chi connectivity index (χ3n) is 4.22. The van der Waals surface area contributed by atoms with Crippen molar-refractivity contribution in [1.29, 1.82) is 0 Å². The number of aliphatic hydroxyl groups excluding tert-OH is 1. The minimum atomic E-state index is -0.539. The van der Waals surface area contributed by atoms with Crippen molar-refractivity contribution >= 4 is 11.6 Å². The second kappa shape index (κ2) is 6.61. The molecule has 0 radical (unpaired) electrons. The maximum Gasteiger partial charge on any atom is 0.0931 e. The molecule has 1 aliphatic heterocycles. The molecule has 0 bridgehead atoms. The molecule has 1 aliphatic rings. The maximum absolute atomic E-state index is 10.5. The van der Waals surface area contributed by atoms with Gasteiger partial charge < -0.3 is 5.11 Å². The molecule has 1 heterocycles. The average molecular weight is 302 g/mol. The van der Waals surface area contributed by atoms with Gasteiger partial charge in [0.2, 0.25) is 0 Å². The van der Waals surface area contributed by atoms with Crippen molar-refractivity contribution in [2.24, 2.45) is 0 Å². The first-order chi connectivity index (χ1) is 10.3. The average Bonchev–Trinajstić information content (AvgIpc) is 2.96. The molecule has 0 aromatic heterocycles. The Morgan fingerprint density at radius 1 is 1.10 bits per heavy atom. The SMILES string of the molecule is O[C@@H](CN1CCC[C@@H]1c1ccccc1)c1ccccc1Cl. The topological polar surface area (TPSA) is 23.5 Å². The fraction of sp³-hybridized carbons (Fsp3) is 0.333. The molecule has 21 heavy (non-hydrogen) atoms. The molecule has 0 spiro atoms. The van der Waals surface area contributed by atoms with E-state index in [0.717, 1.165) is 18.5 Å². The molecule has 2 nitrogen and oxygen atoms in total. The van der Waals surface area contributed by atoms with E-state index in [2.05, 4.69) is 29.2 Å². The zero-order chi connectivity index (χ0) is 14.7. The van der Waals surface area contributed by atoms with Crippen LogP contribution in [0.15, 0.2) is 54.6 Å². The number of benzene rings is 2. The van der Waals surface area contributed by atoms with Crippen LogP contribution >= 0.6 is 11.6 Å². The first-order valence-corrected chi connectivity index (χ1v) is 7.85.